The molecule has 40 heavy (non-hydrogen) atoms. The second-order valence-corrected chi connectivity index (χ2v) is 10.3. The third-order valence-corrected chi connectivity index (χ3v) is 6.52. The number of aromatic nitrogens is 6. The van der Waals surface area contributed by atoms with Crippen LogP contribution in [0.2, 0.25) is 0 Å². The van der Waals surface area contributed by atoms with E-state index in [0.717, 1.165) is 37.5 Å². The first-order valence-electron chi connectivity index (χ1n) is 12.4. The summed E-state index contributed by atoms with van der Waals surface area (Å²) in [4.78, 5) is 42.7. The number of ether oxygens (including phenoxy) is 2. The molecule has 0 amide bonds. The molecule has 3 aromatic heterocycles. The molecular weight excluding hydrogens is 541 g/mol. The Bertz CT molecular complexity index is 1560. The summed E-state index contributed by atoms with van der Waals surface area (Å²) in [5, 5.41) is 8.47. The van der Waals surface area contributed by atoms with Gasteiger partial charge in [0, 0.05) is 50.1 Å². The van der Waals surface area contributed by atoms with Crippen molar-refractivity contribution in [3.05, 3.63) is 71.0 Å². The molecule has 15 heteroatoms. The van der Waals surface area contributed by atoms with Crippen molar-refractivity contribution in [3.8, 4) is 34.1 Å². The number of hydrogen-bond donors (Lipinski definition) is 2. The molecule has 1 aliphatic rings. The predicted molar refractivity (Wildman–Crippen MR) is 143 cm³/mol. The van der Waals surface area contributed by atoms with Crippen molar-refractivity contribution in [2.24, 2.45) is 7.05 Å². The van der Waals surface area contributed by atoms with E-state index in [1.807, 2.05) is 12.1 Å². The quantitative estimate of drug-likeness (QED) is 0.264. The Labute approximate surface area is 229 Å². The molecule has 0 spiro atoms. The maximum absolute atomic E-state index is 13.0. The number of morpholine rings is 1. The standard InChI is InChI=1S/C25H28N7O7P/c1-30-17-20(13-28-30)22-12-23(39-40(34,35)36)25(33)32(29-22)16-18-3-2-4-19(11-18)24-26-14-21(15-27-24)38-10-7-31-5-8-37-9-6-31/h2-4,11-15,17H,5-10,16H2,1H3,(H2,34,35,36). The maximum Gasteiger partial charge on any atom is 0.524 e. The average Bonchev–Trinajstić information content (AvgIpc) is 3.37. The average molecular weight is 570 g/mol. The molecule has 4 aromatic rings. The van der Waals surface area contributed by atoms with Crippen LogP contribution in [0.1, 0.15) is 5.56 Å². The van der Waals surface area contributed by atoms with Crippen molar-refractivity contribution in [2.75, 3.05) is 39.5 Å². The summed E-state index contributed by atoms with van der Waals surface area (Å²) in [6.07, 6.45) is 6.41. The minimum atomic E-state index is -4.99. The first-order chi connectivity index (χ1) is 19.2. The Morgan fingerprint density at radius 2 is 1.85 bits per heavy atom. The minimum Gasteiger partial charge on any atom is -0.489 e. The van der Waals surface area contributed by atoms with E-state index < -0.39 is 19.1 Å². The van der Waals surface area contributed by atoms with Crippen LogP contribution in [0.15, 0.2) is 59.9 Å². The highest BCUT2D eigenvalue weighted by Gasteiger charge is 2.22. The van der Waals surface area contributed by atoms with Crippen LogP contribution in [0.5, 0.6) is 11.5 Å². The zero-order chi connectivity index (χ0) is 28.1. The Hall–Kier alpha value is -3.94. The van der Waals surface area contributed by atoms with Crippen molar-refractivity contribution in [1.29, 1.82) is 0 Å². The highest BCUT2D eigenvalue weighted by atomic mass is 31.2. The number of benzene rings is 1. The lowest BCUT2D eigenvalue weighted by molar-refractivity contribution is 0.0322. The topological polar surface area (TPSA) is 167 Å². The largest absolute Gasteiger partial charge is 0.524 e. The van der Waals surface area contributed by atoms with Crippen molar-refractivity contribution < 1.29 is 28.3 Å². The molecule has 1 fully saturated rings. The van der Waals surface area contributed by atoms with E-state index >= 15 is 0 Å². The fraction of sp³-hybridized carbons (Fsp3) is 0.320. The summed E-state index contributed by atoms with van der Waals surface area (Å²) in [7, 11) is -3.27. The molecule has 1 aromatic carbocycles. The van der Waals surface area contributed by atoms with Gasteiger partial charge in [-0.05, 0) is 11.6 Å². The minimum absolute atomic E-state index is 0.00102. The molecule has 2 N–H and O–H groups in total. The number of nitrogens with zero attached hydrogens (tertiary/aromatic N) is 7. The van der Waals surface area contributed by atoms with Crippen molar-refractivity contribution in [1.82, 2.24) is 34.4 Å². The van der Waals surface area contributed by atoms with Crippen LogP contribution in [0.4, 0.5) is 0 Å². The Morgan fingerprint density at radius 1 is 1.07 bits per heavy atom. The molecule has 0 aliphatic carbocycles. The first kappa shape index (κ1) is 27.6. The van der Waals surface area contributed by atoms with Gasteiger partial charge in [-0.3, -0.25) is 24.2 Å². The van der Waals surface area contributed by atoms with Gasteiger partial charge in [0.25, 0.3) is 0 Å². The van der Waals surface area contributed by atoms with Gasteiger partial charge in [-0.2, -0.15) is 10.2 Å². The number of hydrogen-bond acceptors (Lipinski definition) is 10. The lowest BCUT2D eigenvalue weighted by atomic mass is 10.1. The van der Waals surface area contributed by atoms with Gasteiger partial charge in [-0.1, -0.05) is 18.2 Å². The number of phosphoric ester groups is 1. The van der Waals surface area contributed by atoms with Gasteiger partial charge in [0.05, 0.1) is 44.0 Å². The SMILES string of the molecule is Cn1cc(-c2cc(OP(=O)(O)O)c(=O)n(Cc3cccc(-c4ncc(OCCN5CCOCC5)cn4)c3)n2)cn1. The second kappa shape index (κ2) is 12.1. The van der Waals surface area contributed by atoms with Crippen LogP contribution in [0.3, 0.4) is 0 Å². The van der Waals surface area contributed by atoms with Crippen molar-refractivity contribution >= 4 is 7.82 Å². The molecule has 5 rings (SSSR count). The van der Waals surface area contributed by atoms with Crippen LogP contribution in [0, 0.1) is 0 Å². The van der Waals surface area contributed by atoms with Gasteiger partial charge < -0.3 is 14.0 Å². The van der Waals surface area contributed by atoms with Crippen molar-refractivity contribution in [3.63, 3.8) is 0 Å². The fourth-order valence-electron chi connectivity index (χ4n) is 4.15. The lowest BCUT2D eigenvalue weighted by Crippen LogP contribution is -2.38. The highest BCUT2D eigenvalue weighted by Crippen LogP contribution is 2.36. The molecule has 0 bridgehead atoms. The van der Waals surface area contributed by atoms with E-state index in [-0.39, 0.29) is 12.2 Å². The molecule has 210 valence electrons. The molecule has 1 aliphatic heterocycles. The zero-order valence-electron chi connectivity index (χ0n) is 21.7. The molecular formula is C25H28N7O7P. The third kappa shape index (κ3) is 7.17. The third-order valence-electron chi connectivity index (χ3n) is 6.09. The van der Waals surface area contributed by atoms with E-state index in [0.29, 0.717) is 34.9 Å². The normalized spacial score (nSPS) is 14.3. The Morgan fingerprint density at radius 3 is 2.55 bits per heavy atom. The van der Waals surface area contributed by atoms with Gasteiger partial charge in [0.15, 0.2) is 17.3 Å². The number of rotatable bonds is 10. The van der Waals surface area contributed by atoms with Crippen LogP contribution in [0.25, 0.3) is 22.6 Å². The van der Waals surface area contributed by atoms with Crippen LogP contribution < -0.4 is 14.8 Å². The molecule has 1 saturated heterocycles. The summed E-state index contributed by atoms with van der Waals surface area (Å²) in [5.41, 5.74) is 1.41. The van der Waals surface area contributed by atoms with E-state index in [4.69, 9.17) is 9.47 Å². The van der Waals surface area contributed by atoms with E-state index in [1.54, 1.807) is 42.5 Å². The second-order valence-electron chi connectivity index (χ2n) is 9.09. The summed E-state index contributed by atoms with van der Waals surface area (Å²) < 4.78 is 29.9. The summed E-state index contributed by atoms with van der Waals surface area (Å²) >= 11 is 0. The molecule has 0 saturated carbocycles. The maximum atomic E-state index is 13.0. The first-order valence-corrected chi connectivity index (χ1v) is 14.0. The number of aryl methyl sites for hydroxylation is 1. The van der Waals surface area contributed by atoms with Crippen LogP contribution >= 0.6 is 7.82 Å². The fourth-order valence-corrected chi connectivity index (χ4v) is 4.54. The van der Waals surface area contributed by atoms with Gasteiger partial charge in [0.2, 0.25) is 0 Å². The van der Waals surface area contributed by atoms with Crippen molar-refractivity contribution in [2.45, 2.75) is 6.54 Å². The molecule has 0 atom stereocenters. The van der Waals surface area contributed by atoms with E-state index in [2.05, 4.69) is 29.6 Å². The summed E-state index contributed by atoms with van der Waals surface area (Å²) in [6.45, 7) is 4.57. The molecule has 0 radical (unpaired) electrons. The highest BCUT2D eigenvalue weighted by molar-refractivity contribution is 7.46. The Balaban J connectivity index is 1.33. The predicted octanol–water partition coefficient (Wildman–Crippen LogP) is 1.33. The van der Waals surface area contributed by atoms with E-state index in [9.17, 15) is 19.1 Å². The molecule has 4 heterocycles. The van der Waals surface area contributed by atoms with Crippen LogP contribution in [-0.2, 0) is 22.9 Å². The summed E-state index contributed by atoms with van der Waals surface area (Å²) in [6, 6.07) is 8.42. The van der Waals surface area contributed by atoms with E-state index in [1.165, 1.54) is 12.3 Å². The number of phosphoric acid groups is 1. The van der Waals surface area contributed by atoms with Crippen LogP contribution in [-0.4, -0.2) is 83.7 Å². The Kier molecular flexibility index (Phi) is 8.33. The van der Waals surface area contributed by atoms with Gasteiger partial charge >= 0.3 is 13.4 Å². The zero-order valence-corrected chi connectivity index (χ0v) is 22.6. The van der Waals surface area contributed by atoms with Gasteiger partial charge in [-0.15, -0.1) is 0 Å². The summed E-state index contributed by atoms with van der Waals surface area (Å²) in [5.74, 6) is 0.511. The molecule has 14 nitrogen and oxygen atoms in total. The van der Waals surface area contributed by atoms with Gasteiger partial charge in [-0.25, -0.2) is 19.2 Å². The molecule has 0 unspecified atom stereocenters. The van der Waals surface area contributed by atoms with Gasteiger partial charge in [0.1, 0.15) is 6.61 Å². The lowest BCUT2D eigenvalue weighted by Gasteiger charge is -2.26. The smallest absolute Gasteiger partial charge is 0.489 e. The monoisotopic (exact) mass is 569 g/mol.